The topological polar surface area (TPSA) is 97.2 Å². The van der Waals surface area contributed by atoms with Crippen LogP contribution in [-0.4, -0.2) is 10.2 Å². The number of hydrogen-bond donors (Lipinski definition) is 2. The van der Waals surface area contributed by atoms with E-state index in [4.69, 9.17) is 16.9 Å². The van der Waals surface area contributed by atoms with Gasteiger partial charge in [-0.25, -0.2) is 0 Å². The van der Waals surface area contributed by atoms with Crippen LogP contribution >= 0.6 is 11.6 Å². The molecule has 23 heavy (non-hydrogen) atoms. The second kappa shape index (κ2) is 6.30. The second-order valence-electron chi connectivity index (χ2n) is 4.64. The Morgan fingerprint density at radius 3 is 2.48 bits per heavy atom. The van der Waals surface area contributed by atoms with Crippen molar-refractivity contribution in [3.05, 3.63) is 69.5 Å². The third kappa shape index (κ3) is 3.05. The molecule has 3 aromatic rings. The van der Waals surface area contributed by atoms with Crippen LogP contribution in [0.1, 0.15) is 5.56 Å². The fourth-order valence-electron chi connectivity index (χ4n) is 2.03. The molecule has 2 N–H and O–H groups in total. The Morgan fingerprint density at radius 2 is 1.74 bits per heavy atom. The Morgan fingerprint density at radius 1 is 1.00 bits per heavy atom. The van der Waals surface area contributed by atoms with Crippen molar-refractivity contribution in [1.29, 1.82) is 5.26 Å². The summed E-state index contributed by atoms with van der Waals surface area (Å²) in [5.74, 6) is 0. The van der Waals surface area contributed by atoms with Crippen molar-refractivity contribution in [1.82, 2.24) is 10.2 Å². The normalized spacial score (nSPS) is 10.8. The van der Waals surface area contributed by atoms with Crippen LogP contribution in [0, 0.1) is 11.3 Å². The summed E-state index contributed by atoms with van der Waals surface area (Å²) in [6, 6.07) is 15.8. The van der Waals surface area contributed by atoms with Gasteiger partial charge in [-0.05, 0) is 24.3 Å². The van der Waals surface area contributed by atoms with Crippen molar-refractivity contribution in [2.75, 3.05) is 0 Å². The largest absolute Gasteiger partial charge is 0.295 e. The number of hydrogen-bond acceptors (Lipinski definition) is 4. The number of aromatic amines is 2. The summed E-state index contributed by atoms with van der Waals surface area (Å²) in [6.07, 6.45) is 0. The molecule has 1 aromatic heterocycles. The Kier molecular flexibility index (Phi) is 4.04. The summed E-state index contributed by atoms with van der Waals surface area (Å²) < 4.78 is 0. The van der Waals surface area contributed by atoms with Gasteiger partial charge in [0.25, 0.3) is 5.56 Å². The van der Waals surface area contributed by atoms with E-state index in [9.17, 15) is 4.79 Å². The van der Waals surface area contributed by atoms with Crippen molar-refractivity contribution >= 4 is 23.0 Å². The molecule has 0 saturated carbocycles. The summed E-state index contributed by atoms with van der Waals surface area (Å²) in [5, 5.41) is 22.9. The van der Waals surface area contributed by atoms with Gasteiger partial charge in [-0.3, -0.25) is 15.0 Å². The molecule has 0 aliphatic carbocycles. The Bertz CT molecular complexity index is 963. The van der Waals surface area contributed by atoms with Gasteiger partial charge >= 0.3 is 0 Å². The lowest BCUT2D eigenvalue weighted by atomic mass is 10.1. The van der Waals surface area contributed by atoms with Crippen LogP contribution in [-0.2, 0) is 0 Å². The summed E-state index contributed by atoms with van der Waals surface area (Å²) in [6.45, 7) is 0. The number of H-pyrrole nitrogens is 2. The minimum Gasteiger partial charge on any atom is -0.295 e. The van der Waals surface area contributed by atoms with Crippen molar-refractivity contribution in [2.24, 2.45) is 10.2 Å². The van der Waals surface area contributed by atoms with E-state index in [1.807, 2.05) is 6.07 Å². The lowest BCUT2D eigenvalue weighted by Gasteiger charge is -1.99. The van der Waals surface area contributed by atoms with Crippen LogP contribution in [0.5, 0.6) is 0 Å². The second-order valence-corrected chi connectivity index (χ2v) is 5.08. The van der Waals surface area contributed by atoms with Gasteiger partial charge in [-0.15, -0.1) is 10.2 Å². The molecule has 112 valence electrons. The van der Waals surface area contributed by atoms with E-state index in [0.717, 1.165) is 5.56 Å². The number of azo groups is 1. The first-order chi connectivity index (χ1) is 11.2. The number of nitrogens with zero attached hydrogens (tertiary/aromatic N) is 3. The van der Waals surface area contributed by atoms with Crippen molar-refractivity contribution < 1.29 is 0 Å². The van der Waals surface area contributed by atoms with Crippen LogP contribution in [0.25, 0.3) is 11.3 Å². The highest BCUT2D eigenvalue weighted by molar-refractivity contribution is 6.30. The van der Waals surface area contributed by atoms with Gasteiger partial charge in [0.2, 0.25) is 0 Å². The van der Waals surface area contributed by atoms with Gasteiger partial charge in [0.05, 0.1) is 11.3 Å². The molecule has 0 spiro atoms. The average Bonchev–Trinajstić information content (AvgIpc) is 2.94. The molecule has 2 aromatic carbocycles. The summed E-state index contributed by atoms with van der Waals surface area (Å²) in [4.78, 5) is 11.9. The molecule has 0 atom stereocenters. The molecule has 0 amide bonds. The van der Waals surface area contributed by atoms with Gasteiger partial charge in [0, 0.05) is 10.6 Å². The molecule has 0 radical (unpaired) electrons. The van der Waals surface area contributed by atoms with Crippen LogP contribution in [0.3, 0.4) is 0 Å². The molecule has 6 nitrogen and oxygen atoms in total. The Hall–Kier alpha value is -3.17. The highest BCUT2D eigenvalue weighted by atomic mass is 35.5. The number of nitriles is 1. The number of nitrogens with one attached hydrogen (secondary N) is 2. The lowest BCUT2D eigenvalue weighted by Crippen LogP contribution is -1.96. The fourth-order valence-corrected chi connectivity index (χ4v) is 2.16. The van der Waals surface area contributed by atoms with Gasteiger partial charge in [0.15, 0.2) is 5.69 Å². The van der Waals surface area contributed by atoms with Gasteiger partial charge < -0.3 is 0 Å². The van der Waals surface area contributed by atoms with Crippen LogP contribution in [0.4, 0.5) is 11.4 Å². The first-order valence-electron chi connectivity index (χ1n) is 6.66. The smallest absolute Gasteiger partial charge is 0.292 e. The zero-order valence-corrected chi connectivity index (χ0v) is 12.5. The fraction of sp³-hybridized carbons (Fsp3) is 0. The lowest BCUT2D eigenvalue weighted by molar-refractivity contribution is 1.06. The molecular weight excluding hydrogens is 314 g/mol. The number of halogens is 1. The number of rotatable bonds is 3. The number of aromatic nitrogens is 2. The highest BCUT2D eigenvalue weighted by Crippen LogP contribution is 2.28. The molecular formula is C16H10ClN5O. The van der Waals surface area contributed by atoms with E-state index in [1.165, 1.54) is 0 Å². The van der Waals surface area contributed by atoms with Crippen molar-refractivity contribution in [2.45, 2.75) is 0 Å². The molecule has 0 unspecified atom stereocenters. The molecule has 0 saturated heterocycles. The van der Waals surface area contributed by atoms with E-state index in [2.05, 4.69) is 20.4 Å². The molecule has 0 bridgehead atoms. The van der Waals surface area contributed by atoms with Crippen LogP contribution in [0.15, 0.2) is 63.6 Å². The first-order valence-corrected chi connectivity index (χ1v) is 7.04. The van der Waals surface area contributed by atoms with Gasteiger partial charge in [-0.1, -0.05) is 35.9 Å². The van der Waals surface area contributed by atoms with Gasteiger partial charge in [0.1, 0.15) is 11.8 Å². The van der Waals surface area contributed by atoms with E-state index < -0.39 is 5.56 Å². The molecule has 0 aliphatic rings. The summed E-state index contributed by atoms with van der Waals surface area (Å²) in [7, 11) is 0. The molecule has 1 heterocycles. The maximum atomic E-state index is 11.9. The Labute approximate surface area is 136 Å². The summed E-state index contributed by atoms with van der Waals surface area (Å²) >= 11 is 5.87. The molecule has 7 heteroatoms. The quantitative estimate of drug-likeness (QED) is 0.702. The monoisotopic (exact) mass is 323 g/mol. The van der Waals surface area contributed by atoms with Crippen LogP contribution in [0.2, 0.25) is 5.02 Å². The minimum atomic E-state index is -0.395. The maximum Gasteiger partial charge on any atom is 0.292 e. The van der Waals surface area contributed by atoms with Crippen LogP contribution < -0.4 is 5.56 Å². The Balaban J connectivity index is 2.03. The maximum absolute atomic E-state index is 11.9. The molecule has 0 aliphatic heterocycles. The van der Waals surface area contributed by atoms with E-state index in [-0.39, 0.29) is 5.69 Å². The third-order valence-electron chi connectivity index (χ3n) is 3.17. The molecule has 3 rings (SSSR count). The zero-order chi connectivity index (χ0) is 16.2. The first kappa shape index (κ1) is 14.8. The predicted molar refractivity (Wildman–Crippen MR) is 87.2 cm³/mol. The standard InChI is InChI=1S/C16H10ClN5O/c17-12-7-5-10(6-8-12)14-15(16(23)22-20-14)21-19-13-4-2-1-3-11(13)9-18/h1-8H,(H2,20,22,23). The average molecular weight is 324 g/mol. The van der Waals surface area contributed by atoms with E-state index in [0.29, 0.717) is 22.0 Å². The summed E-state index contributed by atoms with van der Waals surface area (Å²) in [5.41, 5.74) is 1.78. The highest BCUT2D eigenvalue weighted by Gasteiger charge is 2.11. The van der Waals surface area contributed by atoms with E-state index in [1.54, 1.807) is 48.5 Å². The predicted octanol–water partition coefficient (Wildman–Crippen LogP) is 4.31. The number of benzene rings is 2. The zero-order valence-electron chi connectivity index (χ0n) is 11.7. The van der Waals surface area contributed by atoms with E-state index >= 15 is 0 Å². The SMILES string of the molecule is N#Cc1ccccc1N=Nc1c(-c2ccc(Cl)cc2)[nH][nH]c1=O. The minimum absolute atomic E-state index is 0.139. The molecule has 0 fully saturated rings. The van der Waals surface area contributed by atoms with Crippen molar-refractivity contribution in [3.8, 4) is 17.3 Å². The third-order valence-corrected chi connectivity index (χ3v) is 3.42. The van der Waals surface area contributed by atoms with Gasteiger partial charge in [-0.2, -0.15) is 5.26 Å². The van der Waals surface area contributed by atoms with Crippen molar-refractivity contribution in [3.63, 3.8) is 0 Å².